The van der Waals surface area contributed by atoms with Gasteiger partial charge in [0, 0.05) is 11.3 Å². The van der Waals surface area contributed by atoms with Crippen molar-refractivity contribution in [3.05, 3.63) is 59.9 Å². The molecule has 30 heavy (non-hydrogen) atoms. The molecule has 156 valence electrons. The maximum atomic E-state index is 13.3. The van der Waals surface area contributed by atoms with Crippen LogP contribution in [0.4, 0.5) is 10.1 Å². The van der Waals surface area contributed by atoms with E-state index < -0.39 is 5.66 Å². The van der Waals surface area contributed by atoms with E-state index in [4.69, 9.17) is 9.73 Å². The number of nitrogens with one attached hydrogen (secondary N) is 1. The van der Waals surface area contributed by atoms with Crippen molar-refractivity contribution >= 4 is 23.2 Å². The highest BCUT2D eigenvalue weighted by molar-refractivity contribution is 6.47. The monoisotopic (exact) mass is 409 g/mol. The average molecular weight is 409 g/mol. The number of carbonyl (C=O) groups is 2. The molecule has 0 aromatic heterocycles. The Morgan fingerprint density at radius 3 is 2.40 bits per heavy atom. The molecule has 0 atom stereocenters. The average Bonchev–Trinajstić information content (AvgIpc) is 3.02. The van der Waals surface area contributed by atoms with Crippen molar-refractivity contribution in [2.75, 3.05) is 19.0 Å². The van der Waals surface area contributed by atoms with Crippen LogP contribution in [0.25, 0.3) is 0 Å². The van der Waals surface area contributed by atoms with Crippen LogP contribution in [-0.4, -0.2) is 41.7 Å². The fourth-order valence-corrected chi connectivity index (χ4v) is 4.17. The van der Waals surface area contributed by atoms with Gasteiger partial charge in [-0.25, -0.2) is 4.39 Å². The van der Waals surface area contributed by atoms with Crippen molar-refractivity contribution in [2.45, 2.75) is 37.8 Å². The molecule has 0 bridgehead atoms. The van der Waals surface area contributed by atoms with Crippen LogP contribution in [0.2, 0.25) is 0 Å². The van der Waals surface area contributed by atoms with Gasteiger partial charge in [-0.05, 0) is 74.2 Å². The van der Waals surface area contributed by atoms with Crippen LogP contribution in [0, 0.1) is 5.82 Å². The first-order chi connectivity index (χ1) is 14.5. The van der Waals surface area contributed by atoms with Gasteiger partial charge in [0.2, 0.25) is 5.91 Å². The van der Waals surface area contributed by atoms with E-state index >= 15 is 0 Å². The zero-order chi connectivity index (χ0) is 21.1. The minimum Gasteiger partial charge on any atom is -0.497 e. The van der Waals surface area contributed by atoms with E-state index in [1.165, 1.54) is 24.3 Å². The molecule has 2 aromatic carbocycles. The summed E-state index contributed by atoms with van der Waals surface area (Å²) in [6, 6.07) is 12.8. The van der Waals surface area contributed by atoms with Crippen LogP contribution in [0.1, 0.15) is 37.7 Å². The Balaban J connectivity index is 1.57. The molecule has 4 rings (SSSR count). The van der Waals surface area contributed by atoms with E-state index in [1.54, 1.807) is 24.1 Å². The molecule has 2 aromatic rings. The highest BCUT2D eigenvalue weighted by atomic mass is 19.1. The van der Waals surface area contributed by atoms with Crippen molar-refractivity contribution in [1.82, 2.24) is 4.90 Å². The van der Waals surface area contributed by atoms with Crippen molar-refractivity contribution in [2.24, 2.45) is 4.99 Å². The second-order valence-corrected chi connectivity index (χ2v) is 7.68. The number of benzene rings is 2. The molecule has 2 aliphatic rings. The number of methoxy groups -OCH3 is 1. The number of hydrogen-bond acceptors (Lipinski definition) is 4. The molecule has 1 aliphatic heterocycles. The number of nitrogens with zero attached hydrogens (tertiary/aromatic N) is 2. The minimum atomic E-state index is -0.676. The predicted octanol–water partition coefficient (Wildman–Crippen LogP) is 3.76. The molecule has 0 radical (unpaired) electrons. The lowest BCUT2D eigenvalue weighted by atomic mass is 9.88. The lowest BCUT2D eigenvalue weighted by Gasteiger charge is -2.38. The summed E-state index contributed by atoms with van der Waals surface area (Å²) in [6.45, 7) is -0.0979. The summed E-state index contributed by atoms with van der Waals surface area (Å²) in [5, 5.41) is 2.74. The summed E-state index contributed by atoms with van der Waals surface area (Å²) in [6.07, 6.45) is 4.49. The molecule has 1 heterocycles. The zero-order valence-electron chi connectivity index (χ0n) is 16.9. The molecule has 1 saturated carbocycles. The first-order valence-corrected chi connectivity index (χ1v) is 10.1. The van der Waals surface area contributed by atoms with Crippen molar-refractivity contribution in [1.29, 1.82) is 0 Å². The van der Waals surface area contributed by atoms with Gasteiger partial charge in [0.25, 0.3) is 5.91 Å². The Hall–Kier alpha value is -3.22. The fraction of sp³-hybridized carbons (Fsp3) is 0.348. The normalized spacial score (nSPS) is 17.7. The van der Waals surface area contributed by atoms with E-state index in [9.17, 15) is 14.0 Å². The van der Waals surface area contributed by atoms with Gasteiger partial charge in [0.1, 0.15) is 29.5 Å². The standard InChI is InChI=1S/C23H24FN3O3/c1-30-19-11-5-16(6-12-19)21-22(29)27(23(26-21)13-3-2-4-14-23)15-20(28)25-18-9-7-17(24)8-10-18/h5-12H,2-4,13-15H2,1H3,(H,25,28). The lowest BCUT2D eigenvalue weighted by Crippen LogP contribution is -2.51. The Morgan fingerprint density at radius 2 is 1.77 bits per heavy atom. The quantitative estimate of drug-likeness (QED) is 0.817. The Labute approximate surface area is 174 Å². The minimum absolute atomic E-state index is 0.0979. The maximum Gasteiger partial charge on any atom is 0.275 e. The van der Waals surface area contributed by atoms with E-state index in [2.05, 4.69) is 5.32 Å². The maximum absolute atomic E-state index is 13.3. The smallest absolute Gasteiger partial charge is 0.275 e. The van der Waals surface area contributed by atoms with Gasteiger partial charge < -0.3 is 15.0 Å². The summed E-state index contributed by atoms with van der Waals surface area (Å²) in [5.41, 5.74) is 0.911. The second kappa shape index (κ2) is 8.26. The highest BCUT2D eigenvalue weighted by Crippen LogP contribution is 2.39. The van der Waals surface area contributed by atoms with Gasteiger partial charge in [-0.1, -0.05) is 6.42 Å². The van der Waals surface area contributed by atoms with Gasteiger partial charge in [-0.15, -0.1) is 0 Å². The van der Waals surface area contributed by atoms with E-state index in [-0.39, 0.29) is 24.2 Å². The van der Waals surface area contributed by atoms with Gasteiger partial charge >= 0.3 is 0 Å². The lowest BCUT2D eigenvalue weighted by molar-refractivity contribution is -0.134. The van der Waals surface area contributed by atoms with Crippen LogP contribution < -0.4 is 10.1 Å². The Morgan fingerprint density at radius 1 is 1.10 bits per heavy atom. The second-order valence-electron chi connectivity index (χ2n) is 7.68. The van der Waals surface area contributed by atoms with Gasteiger partial charge in [-0.3, -0.25) is 14.6 Å². The van der Waals surface area contributed by atoms with Gasteiger partial charge in [0.15, 0.2) is 0 Å². The summed E-state index contributed by atoms with van der Waals surface area (Å²) >= 11 is 0. The molecule has 7 heteroatoms. The van der Waals surface area contributed by atoms with E-state index in [0.29, 0.717) is 22.7 Å². The van der Waals surface area contributed by atoms with Crippen LogP contribution >= 0.6 is 0 Å². The first kappa shape index (κ1) is 20.1. The van der Waals surface area contributed by atoms with Crippen LogP contribution in [0.15, 0.2) is 53.5 Å². The third-order valence-electron chi connectivity index (χ3n) is 5.72. The molecule has 0 saturated heterocycles. The topological polar surface area (TPSA) is 71.0 Å². The molecule has 2 amide bonds. The van der Waals surface area contributed by atoms with Crippen LogP contribution in [-0.2, 0) is 9.59 Å². The fourth-order valence-electron chi connectivity index (χ4n) is 4.17. The van der Waals surface area contributed by atoms with Crippen LogP contribution in [0.3, 0.4) is 0 Å². The predicted molar refractivity (Wildman–Crippen MR) is 112 cm³/mol. The summed E-state index contributed by atoms with van der Waals surface area (Å²) in [5.74, 6) is -0.239. The molecular weight excluding hydrogens is 385 g/mol. The molecule has 1 aliphatic carbocycles. The summed E-state index contributed by atoms with van der Waals surface area (Å²) in [4.78, 5) is 32.4. The third-order valence-corrected chi connectivity index (χ3v) is 5.72. The molecule has 6 nitrogen and oxygen atoms in total. The van der Waals surface area contributed by atoms with Crippen LogP contribution in [0.5, 0.6) is 5.75 Å². The molecule has 1 spiro atoms. The highest BCUT2D eigenvalue weighted by Gasteiger charge is 2.48. The Kier molecular flexibility index (Phi) is 5.53. The number of ether oxygens (including phenoxy) is 1. The SMILES string of the molecule is COc1ccc(C2=NC3(CCCCC3)N(CC(=O)Nc3ccc(F)cc3)C2=O)cc1. The molecule has 1 N–H and O–H groups in total. The third kappa shape index (κ3) is 3.92. The number of halogens is 1. The number of aliphatic imine (C=N–C) groups is 1. The number of hydrogen-bond donors (Lipinski definition) is 1. The van der Waals surface area contributed by atoms with E-state index in [1.807, 2.05) is 12.1 Å². The zero-order valence-corrected chi connectivity index (χ0v) is 16.9. The summed E-state index contributed by atoms with van der Waals surface area (Å²) < 4.78 is 18.3. The van der Waals surface area contributed by atoms with Gasteiger partial charge in [-0.2, -0.15) is 0 Å². The van der Waals surface area contributed by atoms with Gasteiger partial charge in [0.05, 0.1) is 7.11 Å². The molecule has 0 unspecified atom stereocenters. The van der Waals surface area contributed by atoms with Crippen molar-refractivity contribution in [3.8, 4) is 5.75 Å². The van der Waals surface area contributed by atoms with Crippen molar-refractivity contribution in [3.63, 3.8) is 0 Å². The van der Waals surface area contributed by atoms with E-state index in [0.717, 1.165) is 32.1 Å². The number of amides is 2. The number of rotatable bonds is 5. The van der Waals surface area contributed by atoms with Crippen molar-refractivity contribution < 1.29 is 18.7 Å². The molecular formula is C23H24FN3O3. The largest absolute Gasteiger partial charge is 0.497 e. The summed E-state index contributed by atoms with van der Waals surface area (Å²) in [7, 11) is 1.59. The number of anilines is 1. The molecule has 1 fully saturated rings. The number of carbonyl (C=O) groups excluding carboxylic acids is 2. The Bertz CT molecular complexity index is 964. The first-order valence-electron chi connectivity index (χ1n) is 10.1.